The van der Waals surface area contributed by atoms with Gasteiger partial charge in [0.05, 0.1) is 28.9 Å². The topological polar surface area (TPSA) is 49.9 Å². The predicted molar refractivity (Wildman–Crippen MR) is 145 cm³/mol. The van der Waals surface area contributed by atoms with E-state index in [1.165, 1.54) is 16.4 Å². The molecule has 36 heavy (non-hydrogen) atoms. The van der Waals surface area contributed by atoms with Gasteiger partial charge < -0.3 is 0 Å². The highest BCUT2D eigenvalue weighted by molar-refractivity contribution is 7.92. The largest absolute Gasteiger partial charge is 0.268 e. The highest BCUT2D eigenvalue weighted by atomic mass is 35.5. The number of hydroxylamine groups is 1. The summed E-state index contributed by atoms with van der Waals surface area (Å²) in [7, 11) is -3.90. The Bertz CT molecular complexity index is 1350. The van der Waals surface area contributed by atoms with Crippen LogP contribution < -0.4 is 9.37 Å². The molecule has 1 aliphatic heterocycles. The van der Waals surface area contributed by atoms with E-state index in [0.29, 0.717) is 22.2 Å². The molecule has 0 saturated carbocycles. The molecule has 184 valence electrons. The van der Waals surface area contributed by atoms with Gasteiger partial charge in [-0.1, -0.05) is 71.7 Å². The Kier molecular flexibility index (Phi) is 7.21. The van der Waals surface area contributed by atoms with Crippen LogP contribution in [0.25, 0.3) is 0 Å². The van der Waals surface area contributed by atoms with Gasteiger partial charge in [-0.3, -0.25) is 9.14 Å². The zero-order valence-corrected chi connectivity index (χ0v) is 21.6. The van der Waals surface area contributed by atoms with Crippen molar-refractivity contribution in [1.29, 1.82) is 0 Å². The molecule has 0 spiro atoms. The molecule has 4 aromatic rings. The predicted octanol–water partition coefficient (Wildman–Crippen LogP) is 7.14. The normalized spacial score (nSPS) is 17.8. The van der Waals surface area contributed by atoms with Crippen LogP contribution >= 0.6 is 23.2 Å². The maximum atomic E-state index is 13.8. The number of sulfonamides is 1. The second kappa shape index (κ2) is 10.5. The Hall–Kier alpha value is -3.03. The van der Waals surface area contributed by atoms with Gasteiger partial charge in [-0.25, -0.2) is 13.5 Å². The Morgan fingerprint density at radius 1 is 0.778 bits per heavy atom. The van der Waals surface area contributed by atoms with Gasteiger partial charge >= 0.3 is 0 Å². The maximum Gasteiger partial charge on any atom is 0.264 e. The molecule has 2 atom stereocenters. The molecule has 1 saturated heterocycles. The number of nitrogens with zero attached hydrogens (tertiary/aromatic N) is 2. The molecule has 0 bridgehead atoms. The van der Waals surface area contributed by atoms with E-state index in [9.17, 15) is 8.42 Å². The Morgan fingerprint density at radius 3 is 1.94 bits per heavy atom. The number of rotatable bonds is 7. The first-order valence-corrected chi connectivity index (χ1v) is 13.7. The number of hydrogen-bond donors (Lipinski definition) is 0. The molecule has 0 aromatic heterocycles. The fraction of sp³-hybridized carbons (Fsp3) is 0.143. The standard InChI is InChI=1S/C28H24Cl2N2O3S/c29-22-11-15-24(16-12-22)31(36(33,34)27-17-13-23(30)14-18-27)20-26-19-28(21-7-3-1-4-8-21)32(35-26)25-9-5-2-6-10-25/h1-18,26,28H,19-20H2. The molecule has 5 rings (SSSR count). The van der Waals surface area contributed by atoms with E-state index in [0.717, 1.165) is 11.3 Å². The molecule has 5 nitrogen and oxygen atoms in total. The van der Waals surface area contributed by atoms with Crippen LogP contribution in [0.5, 0.6) is 0 Å². The first-order chi connectivity index (χ1) is 17.4. The molecule has 0 aliphatic carbocycles. The molecular formula is C28H24Cl2N2O3S. The summed E-state index contributed by atoms with van der Waals surface area (Å²) in [4.78, 5) is 6.57. The van der Waals surface area contributed by atoms with Crippen LogP contribution in [0.1, 0.15) is 18.0 Å². The van der Waals surface area contributed by atoms with Crippen molar-refractivity contribution in [2.75, 3.05) is 15.9 Å². The van der Waals surface area contributed by atoms with Gasteiger partial charge in [-0.2, -0.15) is 0 Å². The molecule has 4 aromatic carbocycles. The molecule has 0 N–H and O–H groups in total. The molecule has 1 heterocycles. The molecule has 0 radical (unpaired) electrons. The van der Waals surface area contributed by atoms with E-state index < -0.39 is 16.1 Å². The lowest BCUT2D eigenvalue weighted by atomic mass is 10.0. The van der Waals surface area contributed by atoms with Crippen molar-refractivity contribution in [3.05, 3.63) is 125 Å². The van der Waals surface area contributed by atoms with Crippen LogP contribution in [-0.2, 0) is 14.9 Å². The molecule has 2 unspecified atom stereocenters. The van der Waals surface area contributed by atoms with E-state index in [1.54, 1.807) is 36.4 Å². The zero-order chi connectivity index (χ0) is 25.1. The smallest absolute Gasteiger partial charge is 0.264 e. The molecule has 1 fully saturated rings. The summed E-state index contributed by atoms with van der Waals surface area (Å²) < 4.78 is 29.0. The third-order valence-electron chi connectivity index (χ3n) is 6.11. The van der Waals surface area contributed by atoms with E-state index in [2.05, 4.69) is 12.1 Å². The summed E-state index contributed by atoms with van der Waals surface area (Å²) in [6, 6.07) is 32.8. The minimum absolute atomic E-state index is 0.0658. The fourth-order valence-corrected chi connectivity index (χ4v) is 6.11. The Labute approximate surface area is 221 Å². The van der Waals surface area contributed by atoms with Gasteiger partial charge in [-0.05, 0) is 66.2 Å². The lowest BCUT2D eigenvalue weighted by Gasteiger charge is -2.28. The van der Waals surface area contributed by atoms with Crippen molar-refractivity contribution in [2.45, 2.75) is 23.5 Å². The Morgan fingerprint density at radius 2 is 1.33 bits per heavy atom. The van der Waals surface area contributed by atoms with Crippen molar-refractivity contribution in [3.63, 3.8) is 0 Å². The van der Waals surface area contributed by atoms with E-state index in [1.807, 2.05) is 53.6 Å². The lowest BCUT2D eigenvalue weighted by Crippen LogP contribution is -2.38. The van der Waals surface area contributed by atoms with Crippen LogP contribution in [-0.4, -0.2) is 21.1 Å². The van der Waals surface area contributed by atoms with Crippen molar-refractivity contribution in [3.8, 4) is 0 Å². The Balaban J connectivity index is 1.50. The summed E-state index contributed by atoms with van der Waals surface area (Å²) in [5.41, 5.74) is 2.52. The van der Waals surface area contributed by atoms with Crippen molar-refractivity contribution in [2.24, 2.45) is 0 Å². The maximum absolute atomic E-state index is 13.8. The van der Waals surface area contributed by atoms with Crippen molar-refractivity contribution < 1.29 is 13.3 Å². The molecule has 1 aliphatic rings. The average molecular weight is 539 g/mol. The fourth-order valence-electron chi connectivity index (χ4n) is 4.36. The highest BCUT2D eigenvalue weighted by Gasteiger charge is 2.38. The monoisotopic (exact) mass is 538 g/mol. The summed E-state index contributed by atoms with van der Waals surface area (Å²) in [5.74, 6) is 0. The molecular weight excluding hydrogens is 515 g/mol. The number of hydrogen-bond acceptors (Lipinski definition) is 4. The molecule has 8 heteroatoms. The van der Waals surface area contributed by atoms with Gasteiger partial charge in [0.2, 0.25) is 0 Å². The lowest BCUT2D eigenvalue weighted by molar-refractivity contribution is 0.0898. The van der Waals surface area contributed by atoms with E-state index in [4.69, 9.17) is 28.0 Å². The van der Waals surface area contributed by atoms with Crippen LogP contribution in [0.15, 0.2) is 114 Å². The van der Waals surface area contributed by atoms with Gasteiger partial charge in [0.1, 0.15) is 6.10 Å². The quantitative estimate of drug-likeness (QED) is 0.251. The number of halogens is 2. The zero-order valence-electron chi connectivity index (χ0n) is 19.2. The van der Waals surface area contributed by atoms with Crippen LogP contribution in [0, 0.1) is 0 Å². The highest BCUT2D eigenvalue weighted by Crippen LogP contribution is 2.39. The third-order valence-corrected chi connectivity index (χ3v) is 8.42. The van der Waals surface area contributed by atoms with Gasteiger partial charge in [0, 0.05) is 16.5 Å². The molecule has 0 amide bonds. The number of para-hydroxylation sites is 1. The minimum Gasteiger partial charge on any atom is -0.268 e. The van der Waals surface area contributed by atoms with Gasteiger partial charge in [0.15, 0.2) is 0 Å². The summed E-state index contributed by atoms with van der Waals surface area (Å²) >= 11 is 12.1. The average Bonchev–Trinajstić information content (AvgIpc) is 3.33. The second-order valence-corrected chi connectivity index (χ2v) is 11.3. The van der Waals surface area contributed by atoms with Crippen molar-refractivity contribution >= 4 is 44.6 Å². The SMILES string of the molecule is O=S(=O)(c1ccc(Cl)cc1)N(CC1CC(c2ccccc2)N(c2ccccc2)O1)c1ccc(Cl)cc1. The van der Waals surface area contributed by atoms with Crippen LogP contribution in [0.2, 0.25) is 10.0 Å². The first-order valence-electron chi connectivity index (χ1n) is 11.5. The summed E-state index contributed by atoms with van der Waals surface area (Å²) in [5, 5.41) is 2.88. The van der Waals surface area contributed by atoms with E-state index in [-0.39, 0.29) is 17.5 Å². The number of benzene rings is 4. The van der Waals surface area contributed by atoms with Gasteiger partial charge in [-0.15, -0.1) is 0 Å². The number of anilines is 2. The van der Waals surface area contributed by atoms with Crippen molar-refractivity contribution in [1.82, 2.24) is 0 Å². The summed E-state index contributed by atoms with van der Waals surface area (Å²) in [6.45, 7) is 0.124. The second-order valence-electron chi connectivity index (χ2n) is 8.52. The first kappa shape index (κ1) is 24.7. The van der Waals surface area contributed by atoms with Crippen LogP contribution in [0.3, 0.4) is 0 Å². The van der Waals surface area contributed by atoms with E-state index >= 15 is 0 Å². The third kappa shape index (κ3) is 5.22. The summed E-state index contributed by atoms with van der Waals surface area (Å²) in [6.07, 6.45) is 0.215. The van der Waals surface area contributed by atoms with Gasteiger partial charge in [0.25, 0.3) is 10.0 Å². The minimum atomic E-state index is -3.90. The van der Waals surface area contributed by atoms with Crippen LogP contribution in [0.4, 0.5) is 11.4 Å².